The number of ether oxygens (including phenoxy) is 2. The van der Waals surface area contributed by atoms with Crippen molar-refractivity contribution in [2.75, 3.05) is 17.8 Å². The fraction of sp³-hybridized carbons (Fsp3) is 0.250. The maximum atomic E-state index is 10.6. The summed E-state index contributed by atoms with van der Waals surface area (Å²) in [6.07, 6.45) is -1.92. The third-order valence-electron chi connectivity index (χ3n) is 5.80. The number of hydrogen-bond acceptors (Lipinski definition) is 11. The number of hydrazone groups is 1. The number of aromatic nitrogens is 4. The molecule has 6 N–H and O–H groups in total. The first kappa shape index (κ1) is 23.6. The highest BCUT2D eigenvalue weighted by atomic mass is 16.6. The molecule has 4 aromatic rings. The molecule has 1 fully saturated rings. The summed E-state index contributed by atoms with van der Waals surface area (Å²) in [6.45, 7) is -0.0721. The van der Waals surface area contributed by atoms with Gasteiger partial charge in [-0.2, -0.15) is 5.10 Å². The Morgan fingerprint density at radius 3 is 2.64 bits per heavy atom. The maximum absolute atomic E-state index is 10.6. The number of nitrogens with two attached hydrogens (primary N) is 1. The largest absolute Gasteiger partial charge is 0.488 e. The standard InChI is InChI=1S/C24H25N7O5/c25-21-18-22(27-13-26-21)31(23-20(34)19(33)17(11-32)36-23)24(29-18)30-28-10-15-8-4-5-9-16(15)35-12-14-6-2-1-3-7-14/h1-10,13,17,19-20,23,32-34H,11-12H2,(H,29,30)(H2,25,26,27)/b28-10+/t17-,19-,20+,23-/m1/s1. The van der Waals surface area contributed by atoms with Crippen molar-refractivity contribution in [2.24, 2.45) is 5.10 Å². The van der Waals surface area contributed by atoms with Gasteiger partial charge in [-0.05, 0) is 17.7 Å². The van der Waals surface area contributed by atoms with Crippen molar-refractivity contribution in [1.82, 2.24) is 19.5 Å². The van der Waals surface area contributed by atoms with Gasteiger partial charge in [-0.3, -0.25) is 4.57 Å². The van der Waals surface area contributed by atoms with Crippen LogP contribution in [0.15, 0.2) is 66.0 Å². The monoisotopic (exact) mass is 491 g/mol. The summed E-state index contributed by atoms with van der Waals surface area (Å²) in [4.78, 5) is 12.6. The number of benzene rings is 2. The first-order valence-electron chi connectivity index (χ1n) is 11.2. The predicted molar refractivity (Wildman–Crippen MR) is 131 cm³/mol. The summed E-state index contributed by atoms with van der Waals surface area (Å²) in [5.41, 5.74) is 11.1. The van der Waals surface area contributed by atoms with E-state index in [9.17, 15) is 15.3 Å². The fourth-order valence-corrected chi connectivity index (χ4v) is 3.95. The summed E-state index contributed by atoms with van der Waals surface area (Å²) in [5, 5.41) is 34.6. The number of nitrogen functional groups attached to an aromatic ring is 1. The van der Waals surface area contributed by atoms with Crippen LogP contribution in [0.2, 0.25) is 0 Å². The predicted octanol–water partition coefficient (Wildman–Crippen LogP) is 1.04. The van der Waals surface area contributed by atoms with Crippen LogP contribution in [0, 0.1) is 0 Å². The number of aliphatic hydroxyl groups excluding tert-OH is 3. The van der Waals surface area contributed by atoms with E-state index in [-0.39, 0.29) is 22.9 Å². The van der Waals surface area contributed by atoms with Crippen LogP contribution in [0.3, 0.4) is 0 Å². The Bertz CT molecular complexity index is 1360. The number of nitrogens with one attached hydrogen (secondary N) is 1. The molecule has 2 aromatic heterocycles. The molecule has 0 radical (unpaired) electrons. The third kappa shape index (κ3) is 4.57. The van der Waals surface area contributed by atoms with Gasteiger partial charge in [0.1, 0.15) is 37.0 Å². The van der Waals surface area contributed by atoms with Gasteiger partial charge in [0.25, 0.3) is 0 Å². The zero-order valence-corrected chi connectivity index (χ0v) is 19.0. The smallest absolute Gasteiger partial charge is 0.228 e. The molecule has 0 aliphatic carbocycles. The SMILES string of the molecule is Nc1ncnc2c1nc(N/N=C/c1ccccc1OCc1ccccc1)n2[C@@H]1O[C@H](CO)[C@@H](O)[C@@H]1O. The summed E-state index contributed by atoms with van der Waals surface area (Å²) < 4.78 is 13.1. The number of imidazole rings is 1. The van der Waals surface area contributed by atoms with E-state index in [2.05, 4.69) is 25.5 Å². The van der Waals surface area contributed by atoms with Crippen LogP contribution in [0.1, 0.15) is 17.4 Å². The van der Waals surface area contributed by atoms with Gasteiger partial charge < -0.3 is 30.5 Å². The molecule has 5 rings (SSSR count). The van der Waals surface area contributed by atoms with E-state index in [1.165, 1.54) is 10.9 Å². The third-order valence-corrected chi connectivity index (χ3v) is 5.80. The lowest BCUT2D eigenvalue weighted by Crippen LogP contribution is -2.33. The van der Waals surface area contributed by atoms with E-state index in [0.717, 1.165) is 11.1 Å². The van der Waals surface area contributed by atoms with Gasteiger partial charge in [0.05, 0.1) is 12.8 Å². The van der Waals surface area contributed by atoms with E-state index < -0.39 is 31.1 Å². The number of nitrogens with zero attached hydrogens (tertiary/aromatic N) is 5. The Labute approximate surface area is 205 Å². The van der Waals surface area contributed by atoms with Gasteiger partial charge in [-0.25, -0.2) is 20.4 Å². The average Bonchev–Trinajstić information content (AvgIpc) is 3.41. The molecule has 1 saturated heterocycles. The lowest BCUT2D eigenvalue weighted by Gasteiger charge is -2.18. The Hall–Kier alpha value is -4.10. The second-order valence-corrected chi connectivity index (χ2v) is 8.15. The summed E-state index contributed by atoms with van der Waals surface area (Å²) in [6, 6.07) is 17.2. The molecule has 0 amide bonds. The molecule has 0 unspecified atom stereocenters. The summed E-state index contributed by atoms with van der Waals surface area (Å²) in [5.74, 6) is 0.905. The van der Waals surface area contributed by atoms with Crippen molar-refractivity contribution in [3.63, 3.8) is 0 Å². The molecule has 4 atom stereocenters. The topological polar surface area (TPSA) is 173 Å². The van der Waals surface area contributed by atoms with E-state index in [1.54, 1.807) is 6.21 Å². The van der Waals surface area contributed by atoms with Gasteiger partial charge >= 0.3 is 0 Å². The van der Waals surface area contributed by atoms with Gasteiger partial charge in [-0.1, -0.05) is 42.5 Å². The Morgan fingerprint density at radius 2 is 1.86 bits per heavy atom. The molecule has 0 spiro atoms. The molecular formula is C24H25N7O5. The second-order valence-electron chi connectivity index (χ2n) is 8.15. The minimum atomic E-state index is -1.35. The van der Waals surface area contributed by atoms with Crippen molar-refractivity contribution in [2.45, 2.75) is 31.1 Å². The van der Waals surface area contributed by atoms with Crippen LogP contribution in [0.25, 0.3) is 11.2 Å². The van der Waals surface area contributed by atoms with Crippen LogP contribution in [0.5, 0.6) is 5.75 Å². The molecule has 0 saturated carbocycles. The van der Waals surface area contributed by atoms with Gasteiger partial charge in [0, 0.05) is 5.56 Å². The van der Waals surface area contributed by atoms with E-state index in [4.69, 9.17) is 15.2 Å². The number of hydrogen-bond donors (Lipinski definition) is 5. The highest BCUT2D eigenvalue weighted by molar-refractivity contribution is 5.85. The fourth-order valence-electron chi connectivity index (χ4n) is 3.95. The zero-order valence-electron chi connectivity index (χ0n) is 19.0. The molecular weight excluding hydrogens is 466 g/mol. The quantitative estimate of drug-likeness (QED) is 0.177. The summed E-state index contributed by atoms with van der Waals surface area (Å²) >= 11 is 0. The second kappa shape index (κ2) is 10.3. The lowest BCUT2D eigenvalue weighted by molar-refractivity contribution is -0.0501. The van der Waals surface area contributed by atoms with Crippen molar-refractivity contribution in [3.05, 3.63) is 72.1 Å². The first-order chi connectivity index (χ1) is 17.6. The molecule has 1 aliphatic rings. The first-order valence-corrected chi connectivity index (χ1v) is 11.2. The van der Waals surface area contributed by atoms with E-state index in [0.29, 0.717) is 12.4 Å². The highest BCUT2D eigenvalue weighted by Crippen LogP contribution is 2.35. The number of para-hydroxylation sites is 1. The van der Waals surface area contributed by atoms with Crippen LogP contribution < -0.4 is 15.9 Å². The number of anilines is 2. The maximum Gasteiger partial charge on any atom is 0.228 e. The molecule has 36 heavy (non-hydrogen) atoms. The normalized spacial score (nSPS) is 21.9. The van der Waals surface area contributed by atoms with Crippen molar-refractivity contribution in [3.8, 4) is 5.75 Å². The van der Waals surface area contributed by atoms with Crippen LogP contribution in [-0.2, 0) is 11.3 Å². The molecule has 3 heterocycles. The molecule has 1 aliphatic heterocycles. The van der Waals surface area contributed by atoms with Gasteiger partial charge in [0.15, 0.2) is 23.2 Å². The van der Waals surface area contributed by atoms with Gasteiger partial charge in [-0.15, -0.1) is 0 Å². The minimum absolute atomic E-state index is 0.122. The van der Waals surface area contributed by atoms with E-state index >= 15 is 0 Å². The molecule has 12 nitrogen and oxygen atoms in total. The van der Waals surface area contributed by atoms with Crippen molar-refractivity contribution < 1.29 is 24.8 Å². The Balaban J connectivity index is 1.41. The number of fused-ring (bicyclic) bond motifs is 1. The van der Waals surface area contributed by atoms with Crippen LogP contribution >= 0.6 is 0 Å². The van der Waals surface area contributed by atoms with Crippen LogP contribution in [0.4, 0.5) is 11.8 Å². The van der Waals surface area contributed by atoms with Crippen LogP contribution in [-0.4, -0.2) is 66.0 Å². The average molecular weight is 492 g/mol. The molecule has 2 aromatic carbocycles. The van der Waals surface area contributed by atoms with Crippen molar-refractivity contribution in [1.29, 1.82) is 0 Å². The zero-order chi connectivity index (χ0) is 25.1. The highest BCUT2D eigenvalue weighted by Gasteiger charge is 2.45. The summed E-state index contributed by atoms with van der Waals surface area (Å²) in [7, 11) is 0. The molecule has 12 heteroatoms. The molecule has 0 bridgehead atoms. The number of aliphatic hydroxyl groups is 3. The van der Waals surface area contributed by atoms with Crippen molar-refractivity contribution >= 4 is 29.1 Å². The molecule has 186 valence electrons. The number of rotatable bonds is 8. The minimum Gasteiger partial charge on any atom is -0.488 e. The van der Waals surface area contributed by atoms with E-state index in [1.807, 2.05) is 54.6 Å². The van der Waals surface area contributed by atoms with Gasteiger partial charge in [0.2, 0.25) is 5.95 Å². The Kier molecular flexibility index (Phi) is 6.73. The Morgan fingerprint density at radius 1 is 1.08 bits per heavy atom. The lowest BCUT2D eigenvalue weighted by atomic mass is 10.1.